The summed E-state index contributed by atoms with van der Waals surface area (Å²) in [6.07, 6.45) is 10.2. The molecule has 0 amide bonds. The maximum Gasteiger partial charge on any atom is 0.206 e. The van der Waals surface area contributed by atoms with Gasteiger partial charge in [0, 0.05) is 11.8 Å². The maximum absolute atomic E-state index is 11.9. The van der Waals surface area contributed by atoms with E-state index < -0.39 is 0 Å². The van der Waals surface area contributed by atoms with Gasteiger partial charge in [-0.25, -0.2) is 0 Å². The van der Waals surface area contributed by atoms with Crippen LogP contribution in [0.1, 0.15) is 49.5 Å². The molecule has 2 heterocycles. The molecule has 0 aromatic carbocycles. The van der Waals surface area contributed by atoms with Gasteiger partial charge in [0.1, 0.15) is 0 Å². The summed E-state index contributed by atoms with van der Waals surface area (Å²) < 4.78 is 2.03. The van der Waals surface area contributed by atoms with Crippen molar-refractivity contribution in [3.63, 3.8) is 0 Å². The number of hydrogen-bond donors (Lipinski definition) is 0. The molecular weight excluding hydrogens is 198 g/mol. The van der Waals surface area contributed by atoms with E-state index in [-0.39, 0.29) is 5.78 Å². The quantitative estimate of drug-likeness (QED) is 0.546. The fraction of sp³-hybridized carbons (Fsp3) is 0.500. The number of hydrogen-bond acceptors (Lipinski definition) is 1. The number of carbonyl (C=O) groups is 1. The van der Waals surface area contributed by atoms with Gasteiger partial charge in [-0.05, 0) is 25.0 Å². The molecule has 1 aliphatic rings. The Morgan fingerprint density at radius 3 is 3.00 bits per heavy atom. The summed E-state index contributed by atoms with van der Waals surface area (Å²) in [6, 6.07) is 3.84. The zero-order valence-electron chi connectivity index (χ0n) is 9.91. The number of nitrogens with zero attached hydrogens (tertiary/aromatic N) is 1. The Balaban J connectivity index is 1.86. The number of unbranched alkanes of at least 4 members (excludes halogenated alkanes) is 4. The van der Waals surface area contributed by atoms with Gasteiger partial charge in [0.05, 0.1) is 12.2 Å². The van der Waals surface area contributed by atoms with Gasteiger partial charge in [0.2, 0.25) is 5.78 Å². The molecule has 0 radical (unpaired) electrons. The summed E-state index contributed by atoms with van der Waals surface area (Å²) in [5.74, 6) is 0.223. The third kappa shape index (κ3) is 2.26. The van der Waals surface area contributed by atoms with E-state index in [0.29, 0.717) is 0 Å². The van der Waals surface area contributed by atoms with Crippen LogP contribution in [0, 0.1) is 0 Å². The lowest BCUT2D eigenvalue weighted by atomic mass is 10.1. The normalized spacial score (nSPS) is 17.1. The minimum atomic E-state index is 0.223. The average Bonchev–Trinajstić information content (AvgIpc) is 2.83. The van der Waals surface area contributed by atoms with Gasteiger partial charge >= 0.3 is 0 Å². The van der Waals surface area contributed by atoms with Gasteiger partial charge in [-0.2, -0.15) is 0 Å². The fourth-order valence-electron chi connectivity index (χ4n) is 2.18. The van der Waals surface area contributed by atoms with E-state index in [1.807, 2.05) is 22.9 Å². The van der Waals surface area contributed by atoms with Crippen molar-refractivity contribution in [1.29, 1.82) is 0 Å². The van der Waals surface area contributed by atoms with Crippen LogP contribution in [-0.4, -0.2) is 10.4 Å². The van der Waals surface area contributed by atoms with E-state index in [9.17, 15) is 4.79 Å². The molecule has 0 unspecified atom stereocenters. The van der Waals surface area contributed by atoms with Gasteiger partial charge in [0.25, 0.3) is 0 Å². The third-order valence-corrected chi connectivity index (χ3v) is 3.14. The highest BCUT2D eigenvalue weighted by atomic mass is 16.1. The summed E-state index contributed by atoms with van der Waals surface area (Å²) in [4.78, 5) is 11.9. The molecular formula is C14H19NO. The molecule has 0 atom stereocenters. The summed E-state index contributed by atoms with van der Waals surface area (Å²) in [7, 11) is 0. The number of fused-ring (bicyclic) bond motifs is 1. The smallest absolute Gasteiger partial charge is 0.206 e. The lowest BCUT2D eigenvalue weighted by Crippen LogP contribution is -1.94. The molecule has 0 N–H and O–H groups in total. The highest BCUT2D eigenvalue weighted by molar-refractivity contribution is 6.09. The minimum absolute atomic E-state index is 0.223. The first-order chi connectivity index (χ1) is 7.83. The topological polar surface area (TPSA) is 22.0 Å². The second-order valence-corrected chi connectivity index (χ2v) is 4.43. The van der Waals surface area contributed by atoms with Crippen molar-refractivity contribution in [2.24, 2.45) is 0 Å². The van der Waals surface area contributed by atoms with Gasteiger partial charge in [0.15, 0.2) is 0 Å². The van der Waals surface area contributed by atoms with Crippen LogP contribution < -0.4 is 0 Å². The van der Waals surface area contributed by atoms with Crippen molar-refractivity contribution in [2.45, 2.75) is 45.6 Å². The molecule has 0 saturated heterocycles. The Morgan fingerprint density at radius 2 is 2.25 bits per heavy atom. The Hall–Kier alpha value is -1.31. The number of carbonyl (C=O) groups excluding carboxylic acids is 1. The number of aromatic nitrogens is 1. The van der Waals surface area contributed by atoms with Crippen LogP contribution in [0.4, 0.5) is 0 Å². The molecule has 0 fully saturated rings. The van der Waals surface area contributed by atoms with Crippen LogP contribution in [0.5, 0.6) is 0 Å². The minimum Gasteiger partial charge on any atom is -0.340 e. The highest BCUT2D eigenvalue weighted by Gasteiger charge is 2.23. The zero-order valence-corrected chi connectivity index (χ0v) is 9.91. The fourth-order valence-corrected chi connectivity index (χ4v) is 2.18. The number of Topliss-reactive ketones (excluding diaryl/α,β-unsaturated/α-hetero) is 1. The molecule has 2 nitrogen and oxygen atoms in total. The first-order valence-corrected chi connectivity index (χ1v) is 6.22. The van der Waals surface area contributed by atoms with E-state index in [0.717, 1.165) is 24.2 Å². The lowest BCUT2D eigenvalue weighted by Gasteiger charge is -1.97. The van der Waals surface area contributed by atoms with Gasteiger partial charge in [-0.1, -0.05) is 32.3 Å². The average molecular weight is 217 g/mol. The van der Waals surface area contributed by atoms with Gasteiger partial charge < -0.3 is 4.57 Å². The van der Waals surface area contributed by atoms with Crippen LogP contribution in [-0.2, 0) is 6.54 Å². The second kappa shape index (κ2) is 5.15. The molecule has 2 heteroatoms. The maximum atomic E-state index is 11.9. The van der Waals surface area contributed by atoms with E-state index in [4.69, 9.17) is 0 Å². The van der Waals surface area contributed by atoms with Crippen molar-refractivity contribution in [1.82, 2.24) is 4.57 Å². The molecule has 0 saturated carbocycles. The first-order valence-electron chi connectivity index (χ1n) is 6.22. The highest BCUT2D eigenvalue weighted by Crippen LogP contribution is 2.21. The first kappa shape index (κ1) is 11.2. The molecule has 2 rings (SSSR count). The SMILES string of the molecule is CCCCCC/C=C1/Cn2cccc2C1=O. The molecule has 0 aliphatic carbocycles. The summed E-state index contributed by atoms with van der Waals surface area (Å²) in [6.45, 7) is 2.99. The lowest BCUT2D eigenvalue weighted by molar-refractivity contribution is 0.103. The number of allylic oxidation sites excluding steroid dienone is 2. The molecule has 1 aliphatic heterocycles. The van der Waals surface area contributed by atoms with Gasteiger partial charge in [-0.15, -0.1) is 0 Å². The molecule has 0 bridgehead atoms. The Bertz CT molecular complexity index is 401. The molecule has 1 aromatic heterocycles. The van der Waals surface area contributed by atoms with Crippen LogP contribution >= 0.6 is 0 Å². The Kier molecular flexibility index (Phi) is 3.60. The van der Waals surface area contributed by atoms with Crippen molar-refractivity contribution in [3.8, 4) is 0 Å². The third-order valence-electron chi connectivity index (χ3n) is 3.14. The summed E-state index contributed by atoms with van der Waals surface area (Å²) >= 11 is 0. The molecule has 16 heavy (non-hydrogen) atoms. The van der Waals surface area contributed by atoms with E-state index in [2.05, 4.69) is 13.0 Å². The van der Waals surface area contributed by atoms with Crippen molar-refractivity contribution >= 4 is 5.78 Å². The summed E-state index contributed by atoms with van der Waals surface area (Å²) in [5.41, 5.74) is 1.83. The molecule has 0 spiro atoms. The number of ketones is 1. The van der Waals surface area contributed by atoms with Gasteiger partial charge in [-0.3, -0.25) is 4.79 Å². The Morgan fingerprint density at radius 1 is 1.38 bits per heavy atom. The molecule has 86 valence electrons. The van der Waals surface area contributed by atoms with Crippen LogP contribution in [0.25, 0.3) is 0 Å². The van der Waals surface area contributed by atoms with E-state index >= 15 is 0 Å². The predicted molar refractivity (Wildman–Crippen MR) is 65.6 cm³/mol. The van der Waals surface area contributed by atoms with Crippen molar-refractivity contribution in [2.75, 3.05) is 0 Å². The number of rotatable bonds is 5. The van der Waals surface area contributed by atoms with Crippen molar-refractivity contribution < 1.29 is 4.79 Å². The second-order valence-electron chi connectivity index (χ2n) is 4.43. The predicted octanol–water partition coefficient (Wildman–Crippen LogP) is 3.58. The Labute approximate surface area is 97.0 Å². The zero-order chi connectivity index (χ0) is 11.4. The summed E-state index contributed by atoms with van der Waals surface area (Å²) in [5, 5.41) is 0. The monoisotopic (exact) mass is 217 g/mol. The van der Waals surface area contributed by atoms with Crippen LogP contribution in [0.3, 0.4) is 0 Å². The molecule has 1 aromatic rings. The van der Waals surface area contributed by atoms with Crippen molar-refractivity contribution in [3.05, 3.63) is 35.7 Å². The van der Waals surface area contributed by atoms with Crippen LogP contribution in [0.15, 0.2) is 30.0 Å². The van der Waals surface area contributed by atoms with E-state index in [1.165, 1.54) is 25.7 Å². The largest absolute Gasteiger partial charge is 0.340 e. The van der Waals surface area contributed by atoms with Crippen LogP contribution in [0.2, 0.25) is 0 Å². The van der Waals surface area contributed by atoms with E-state index in [1.54, 1.807) is 0 Å². The standard InChI is InChI=1S/C14H19NO/c1-2-3-4-5-6-8-12-11-15-10-7-9-13(15)14(12)16/h7-10H,2-6,11H2,1H3/b12-8-.